The first-order valence-corrected chi connectivity index (χ1v) is 9.16. The summed E-state index contributed by atoms with van der Waals surface area (Å²) in [4.78, 5) is 13.8. The van der Waals surface area contributed by atoms with E-state index in [-0.39, 0.29) is 0 Å². The fraction of sp³-hybridized carbons (Fsp3) is 0.500. The van der Waals surface area contributed by atoms with E-state index in [4.69, 9.17) is 4.74 Å². The van der Waals surface area contributed by atoms with E-state index in [0.29, 0.717) is 18.8 Å². The van der Waals surface area contributed by atoms with Crippen molar-refractivity contribution in [3.63, 3.8) is 0 Å². The topological polar surface area (TPSA) is 41.5 Å². The van der Waals surface area contributed by atoms with Crippen LogP contribution in [0, 0.1) is 6.92 Å². The average Bonchev–Trinajstić information content (AvgIpc) is 3.03. The molecule has 2 saturated heterocycles. The molecule has 2 fully saturated rings. The molecule has 2 aromatic heterocycles. The summed E-state index contributed by atoms with van der Waals surface area (Å²) in [7, 11) is 0. The fourth-order valence-electron chi connectivity index (χ4n) is 3.95. The van der Waals surface area contributed by atoms with Crippen molar-refractivity contribution < 1.29 is 4.74 Å². The summed E-state index contributed by atoms with van der Waals surface area (Å²) >= 11 is 0. The van der Waals surface area contributed by atoms with Crippen molar-refractivity contribution in [1.82, 2.24) is 19.8 Å². The minimum atomic E-state index is 0.327. The first-order chi connectivity index (χ1) is 12.3. The van der Waals surface area contributed by atoms with E-state index in [9.17, 15) is 0 Å². The lowest BCUT2D eigenvalue weighted by Crippen LogP contribution is -2.49. The van der Waals surface area contributed by atoms with Gasteiger partial charge >= 0.3 is 0 Å². The normalized spacial score (nSPS) is 24.4. The number of fused-ring (bicyclic) bond motifs is 1. The van der Waals surface area contributed by atoms with E-state index in [0.717, 1.165) is 50.5 Å². The van der Waals surface area contributed by atoms with Crippen LogP contribution in [-0.2, 0) is 17.9 Å². The molecule has 2 atom stereocenters. The molecular weight excluding hydrogens is 312 g/mol. The molecule has 2 aliphatic heterocycles. The van der Waals surface area contributed by atoms with Crippen LogP contribution < -0.4 is 0 Å². The summed E-state index contributed by atoms with van der Waals surface area (Å²) in [6, 6.07) is 11.0. The minimum Gasteiger partial charge on any atom is -0.371 e. The molecule has 2 aliphatic rings. The molecule has 0 amide bonds. The second kappa shape index (κ2) is 7.60. The number of piperazine rings is 1. The Balaban J connectivity index is 1.28. The van der Waals surface area contributed by atoms with Crippen LogP contribution in [0.15, 0.2) is 42.7 Å². The molecule has 0 radical (unpaired) electrons. The number of nitrogens with zero attached hydrogens (tertiary/aromatic N) is 4. The molecule has 2 aromatic rings. The molecule has 0 saturated carbocycles. The van der Waals surface area contributed by atoms with Crippen LogP contribution in [0.2, 0.25) is 0 Å². The van der Waals surface area contributed by atoms with Gasteiger partial charge < -0.3 is 4.74 Å². The van der Waals surface area contributed by atoms with Gasteiger partial charge in [0.2, 0.25) is 0 Å². The molecule has 0 spiro atoms. The average molecular weight is 338 g/mol. The number of aryl methyl sites for hydroxylation is 1. The van der Waals surface area contributed by atoms with Gasteiger partial charge in [0, 0.05) is 56.9 Å². The smallest absolute Gasteiger partial charge is 0.0892 e. The molecule has 132 valence electrons. The van der Waals surface area contributed by atoms with Crippen molar-refractivity contribution in [1.29, 1.82) is 0 Å². The predicted octanol–water partition coefficient (Wildman–Crippen LogP) is 2.26. The number of ether oxygens (including phenoxy) is 1. The number of hydrogen-bond donors (Lipinski definition) is 0. The van der Waals surface area contributed by atoms with Crippen molar-refractivity contribution in [3.05, 3.63) is 59.7 Å². The Morgan fingerprint density at radius 2 is 2.00 bits per heavy atom. The Bertz CT molecular complexity index is 693. The molecule has 4 rings (SSSR count). The number of aromatic nitrogens is 2. The van der Waals surface area contributed by atoms with Gasteiger partial charge in [-0.15, -0.1) is 0 Å². The van der Waals surface area contributed by atoms with Gasteiger partial charge in [-0.1, -0.05) is 6.07 Å². The van der Waals surface area contributed by atoms with Gasteiger partial charge in [-0.2, -0.15) is 0 Å². The predicted molar refractivity (Wildman–Crippen MR) is 97.0 cm³/mol. The van der Waals surface area contributed by atoms with Crippen LogP contribution in [0.25, 0.3) is 0 Å². The van der Waals surface area contributed by atoms with Crippen molar-refractivity contribution in [2.24, 2.45) is 0 Å². The number of rotatable bonds is 5. The zero-order valence-electron chi connectivity index (χ0n) is 14.8. The third-order valence-electron chi connectivity index (χ3n) is 5.23. The molecule has 0 unspecified atom stereocenters. The highest BCUT2D eigenvalue weighted by molar-refractivity contribution is 5.10. The maximum absolute atomic E-state index is 6.16. The van der Waals surface area contributed by atoms with E-state index < -0.39 is 0 Å². The zero-order valence-corrected chi connectivity index (χ0v) is 14.8. The second-order valence-corrected chi connectivity index (χ2v) is 7.18. The van der Waals surface area contributed by atoms with Gasteiger partial charge in [0.05, 0.1) is 18.4 Å². The van der Waals surface area contributed by atoms with Crippen LogP contribution >= 0.6 is 0 Å². The van der Waals surface area contributed by atoms with Gasteiger partial charge in [0.1, 0.15) is 0 Å². The summed E-state index contributed by atoms with van der Waals surface area (Å²) in [5.74, 6) is 0. The van der Waals surface area contributed by atoms with Crippen LogP contribution in [0.4, 0.5) is 0 Å². The number of hydrogen-bond acceptors (Lipinski definition) is 5. The Labute approximate surface area is 149 Å². The Hall–Kier alpha value is -1.82. The molecule has 25 heavy (non-hydrogen) atoms. The van der Waals surface area contributed by atoms with E-state index in [1.165, 1.54) is 5.56 Å². The summed E-state index contributed by atoms with van der Waals surface area (Å²) in [6.45, 7) is 8.11. The van der Waals surface area contributed by atoms with Gasteiger partial charge in [0.15, 0.2) is 0 Å². The van der Waals surface area contributed by atoms with Gasteiger partial charge in [-0.25, -0.2) is 0 Å². The molecule has 5 nitrogen and oxygen atoms in total. The van der Waals surface area contributed by atoms with Gasteiger partial charge in [0.25, 0.3) is 0 Å². The largest absolute Gasteiger partial charge is 0.371 e. The maximum atomic E-state index is 6.16. The molecule has 0 bridgehead atoms. The van der Waals surface area contributed by atoms with Crippen molar-refractivity contribution >= 4 is 0 Å². The second-order valence-electron chi connectivity index (χ2n) is 7.18. The van der Waals surface area contributed by atoms with Crippen LogP contribution in [0.1, 0.15) is 23.4 Å². The summed E-state index contributed by atoms with van der Waals surface area (Å²) in [6.07, 6.45) is 5.21. The minimum absolute atomic E-state index is 0.327. The van der Waals surface area contributed by atoms with Crippen LogP contribution in [0.3, 0.4) is 0 Å². The lowest BCUT2D eigenvalue weighted by molar-refractivity contribution is 0.0439. The highest BCUT2D eigenvalue weighted by atomic mass is 16.5. The highest BCUT2D eigenvalue weighted by Gasteiger charge is 2.36. The molecule has 0 aromatic carbocycles. The quantitative estimate of drug-likeness (QED) is 0.836. The van der Waals surface area contributed by atoms with Crippen molar-refractivity contribution in [3.8, 4) is 0 Å². The molecule has 5 heteroatoms. The molecule has 4 heterocycles. The van der Waals surface area contributed by atoms with Gasteiger partial charge in [-0.05, 0) is 43.2 Å². The maximum Gasteiger partial charge on any atom is 0.0892 e. The Morgan fingerprint density at radius 1 is 1.12 bits per heavy atom. The van der Waals surface area contributed by atoms with E-state index >= 15 is 0 Å². The lowest BCUT2D eigenvalue weighted by atomic mass is 10.1. The molecular formula is C20H26N4O. The molecule has 0 aliphatic carbocycles. The van der Waals surface area contributed by atoms with Crippen LogP contribution in [-0.4, -0.2) is 58.1 Å². The third-order valence-corrected chi connectivity index (χ3v) is 5.23. The van der Waals surface area contributed by atoms with Crippen LogP contribution in [0.5, 0.6) is 0 Å². The Kier molecular flexibility index (Phi) is 5.06. The van der Waals surface area contributed by atoms with Gasteiger partial charge in [-0.3, -0.25) is 19.8 Å². The lowest BCUT2D eigenvalue weighted by Gasteiger charge is -2.37. The standard InChI is InChI=1S/C20H26N4O/c1-16-3-2-4-18(22-16)15-25-20-11-19-13-23(9-10-24(19)14-20)12-17-5-7-21-8-6-17/h2-8,19-20H,9-15H2,1H3/t19-,20+/m1/s1. The van der Waals surface area contributed by atoms with E-state index in [1.54, 1.807) is 0 Å². The Morgan fingerprint density at radius 3 is 2.84 bits per heavy atom. The first-order valence-electron chi connectivity index (χ1n) is 9.16. The summed E-state index contributed by atoms with van der Waals surface area (Å²) < 4.78 is 6.16. The fourth-order valence-corrected chi connectivity index (χ4v) is 3.95. The summed E-state index contributed by atoms with van der Waals surface area (Å²) in [5, 5.41) is 0. The summed E-state index contributed by atoms with van der Waals surface area (Å²) in [5.41, 5.74) is 3.43. The number of pyridine rings is 2. The molecule has 0 N–H and O–H groups in total. The van der Waals surface area contributed by atoms with E-state index in [1.807, 2.05) is 31.5 Å². The van der Waals surface area contributed by atoms with Crippen molar-refractivity contribution in [2.75, 3.05) is 26.2 Å². The van der Waals surface area contributed by atoms with Crippen molar-refractivity contribution in [2.45, 2.75) is 38.6 Å². The first kappa shape index (κ1) is 16.6. The van der Waals surface area contributed by atoms with E-state index in [2.05, 4.69) is 38.0 Å². The SMILES string of the molecule is Cc1cccc(CO[C@H]2C[C@@H]3CN(Cc4ccncc4)CCN3C2)n1. The zero-order chi connectivity index (χ0) is 17.1. The monoisotopic (exact) mass is 338 g/mol. The highest BCUT2D eigenvalue weighted by Crippen LogP contribution is 2.25. The third kappa shape index (κ3) is 4.24.